The maximum Gasteiger partial charge on any atom is 0.325 e. The van der Waals surface area contributed by atoms with Crippen LogP contribution in [0.4, 0.5) is 0 Å². The third-order valence-electron chi connectivity index (χ3n) is 5.25. The molecule has 5 rings (SSSR count). The molecule has 0 atom stereocenters. The fraction of sp³-hybridized carbons (Fsp3) is 0.286. The molecular formula is C21H20N6O4. The van der Waals surface area contributed by atoms with Gasteiger partial charge in [-0.3, -0.25) is 14.3 Å². The minimum Gasteiger partial charge on any atom is -0.505 e. The van der Waals surface area contributed by atoms with E-state index in [9.17, 15) is 14.7 Å². The maximum absolute atomic E-state index is 12.8. The molecule has 0 spiro atoms. The van der Waals surface area contributed by atoms with Gasteiger partial charge in [-0.05, 0) is 25.8 Å². The number of amides is 1. The highest BCUT2D eigenvalue weighted by molar-refractivity contribution is 6.11. The molecule has 4 aromatic rings. The molecule has 0 saturated heterocycles. The van der Waals surface area contributed by atoms with E-state index in [2.05, 4.69) is 20.5 Å². The molecule has 0 aliphatic heterocycles. The van der Waals surface area contributed by atoms with Crippen molar-refractivity contribution >= 4 is 28.3 Å². The van der Waals surface area contributed by atoms with E-state index in [1.54, 1.807) is 19.1 Å². The summed E-state index contributed by atoms with van der Waals surface area (Å²) in [4.78, 5) is 28.7. The molecule has 0 unspecified atom stereocenters. The van der Waals surface area contributed by atoms with Crippen molar-refractivity contribution in [3.63, 3.8) is 0 Å². The average Bonchev–Trinajstić information content (AvgIpc) is 3.30. The molecule has 3 aromatic heterocycles. The number of hydrogen-bond acceptors (Lipinski definition) is 7. The second-order valence-electron chi connectivity index (χ2n) is 7.32. The van der Waals surface area contributed by atoms with Gasteiger partial charge in [0.05, 0.1) is 18.3 Å². The molecular weight excluding hydrogens is 400 g/mol. The first-order chi connectivity index (χ1) is 15.1. The van der Waals surface area contributed by atoms with E-state index >= 15 is 0 Å². The summed E-state index contributed by atoms with van der Waals surface area (Å²) >= 11 is 0. The van der Waals surface area contributed by atoms with Crippen LogP contribution in [0.15, 0.2) is 36.8 Å². The fourth-order valence-corrected chi connectivity index (χ4v) is 3.68. The lowest BCUT2D eigenvalue weighted by molar-refractivity contribution is -0.141. The van der Waals surface area contributed by atoms with Crippen molar-refractivity contribution in [2.75, 3.05) is 13.2 Å². The Morgan fingerprint density at radius 1 is 1.29 bits per heavy atom. The van der Waals surface area contributed by atoms with E-state index in [0.29, 0.717) is 22.5 Å². The molecule has 1 saturated carbocycles. The van der Waals surface area contributed by atoms with Crippen LogP contribution >= 0.6 is 0 Å². The number of hydrogen-bond donors (Lipinski definition) is 2. The van der Waals surface area contributed by atoms with Gasteiger partial charge >= 0.3 is 5.97 Å². The van der Waals surface area contributed by atoms with Gasteiger partial charge in [-0.2, -0.15) is 10.2 Å². The molecule has 1 amide bonds. The third kappa shape index (κ3) is 3.25. The van der Waals surface area contributed by atoms with Crippen LogP contribution in [0, 0.1) is 0 Å². The summed E-state index contributed by atoms with van der Waals surface area (Å²) in [5.41, 5.74) is 1.83. The number of carbonyl (C=O) groups is 2. The normalized spacial score (nSPS) is 13.6. The first-order valence-electron chi connectivity index (χ1n) is 10.0. The highest BCUT2D eigenvalue weighted by Gasteiger charge is 2.26. The van der Waals surface area contributed by atoms with Gasteiger partial charge in [-0.15, -0.1) is 0 Å². The minimum atomic E-state index is -0.661. The van der Waals surface area contributed by atoms with Crippen molar-refractivity contribution in [1.82, 2.24) is 29.7 Å². The predicted molar refractivity (Wildman–Crippen MR) is 111 cm³/mol. The first kappa shape index (κ1) is 19.0. The number of pyridine rings is 1. The minimum absolute atomic E-state index is 0.107. The Balaban J connectivity index is 1.62. The Kier molecular flexibility index (Phi) is 4.54. The Labute approximate surface area is 176 Å². The van der Waals surface area contributed by atoms with Crippen molar-refractivity contribution in [2.24, 2.45) is 0 Å². The summed E-state index contributed by atoms with van der Waals surface area (Å²) < 4.78 is 8.06. The van der Waals surface area contributed by atoms with Gasteiger partial charge in [-0.1, -0.05) is 18.2 Å². The number of benzene rings is 1. The molecule has 1 aliphatic carbocycles. The standard InChI is InChI=1S/C21H20N6O4/c1-2-31-16(28)10-22-21(30)18-19(29)14-5-3-4-13(17(14)20-23-11-24-27(18)20)15-8-9-26(25-15)12-6-7-12/h3-5,8-9,11-12,29H,2,6-7,10H2,1H3,(H,22,30). The highest BCUT2D eigenvalue weighted by atomic mass is 16.5. The topological polar surface area (TPSA) is 124 Å². The molecule has 1 fully saturated rings. The predicted octanol–water partition coefficient (Wildman–Crippen LogP) is 2.08. The SMILES string of the molecule is CCOC(=O)CNC(=O)c1c(O)c2cccc(-c3ccn(C4CC4)n3)c2c2ncnn12. The molecule has 1 aromatic carbocycles. The zero-order valence-corrected chi connectivity index (χ0v) is 16.8. The molecule has 158 valence electrons. The van der Waals surface area contributed by atoms with E-state index in [4.69, 9.17) is 4.74 Å². The average molecular weight is 420 g/mol. The van der Waals surface area contributed by atoms with Crippen LogP contribution in [0.1, 0.15) is 36.3 Å². The van der Waals surface area contributed by atoms with Crippen molar-refractivity contribution in [3.05, 3.63) is 42.5 Å². The Hall–Kier alpha value is -3.95. The molecule has 2 N–H and O–H groups in total. The number of nitrogens with one attached hydrogen (secondary N) is 1. The largest absolute Gasteiger partial charge is 0.505 e. The monoisotopic (exact) mass is 420 g/mol. The summed E-state index contributed by atoms with van der Waals surface area (Å²) in [7, 11) is 0. The van der Waals surface area contributed by atoms with E-state index in [1.165, 1.54) is 10.8 Å². The van der Waals surface area contributed by atoms with Gasteiger partial charge in [0.2, 0.25) is 0 Å². The lowest BCUT2D eigenvalue weighted by Gasteiger charge is -2.13. The highest BCUT2D eigenvalue weighted by Crippen LogP contribution is 2.39. The zero-order valence-electron chi connectivity index (χ0n) is 16.8. The maximum atomic E-state index is 12.8. The summed E-state index contributed by atoms with van der Waals surface area (Å²) in [5.74, 6) is -1.48. The quantitative estimate of drug-likeness (QED) is 0.458. The first-order valence-corrected chi connectivity index (χ1v) is 10.0. The number of aromatic nitrogens is 5. The Bertz CT molecular complexity index is 1320. The van der Waals surface area contributed by atoms with Crippen LogP contribution in [0.5, 0.6) is 5.75 Å². The van der Waals surface area contributed by atoms with E-state index in [-0.39, 0.29) is 24.6 Å². The van der Waals surface area contributed by atoms with Crippen LogP contribution in [0.3, 0.4) is 0 Å². The van der Waals surface area contributed by atoms with Gasteiger partial charge in [0.15, 0.2) is 17.1 Å². The summed E-state index contributed by atoms with van der Waals surface area (Å²) in [6, 6.07) is 7.77. The smallest absolute Gasteiger partial charge is 0.325 e. The second kappa shape index (κ2) is 7.38. The van der Waals surface area contributed by atoms with Crippen LogP contribution < -0.4 is 5.32 Å². The lowest BCUT2D eigenvalue weighted by Crippen LogP contribution is -2.32. The fourth-order valence-electron chi connectivity index (χ4n) is 3.68. The third-order valence-corrected chi connectivity index (χ3v) is 5.25. The molecule has 3 heterocycles. The second-order valence-corrected chi connectivity index (χ2v) is 7.32. The van der Waals surface area contributed by atoms with Crippen molar-refractivity contribution in [3.8, 4) is 17.0 Å². The molecule has 31 heavy (non-hydrogen) atoms. The summed E-state index contributed by atoms with van der Waals surface area (Å²) in [5, 5.41) is 23.4. The van der Waals surface area contributed by atoms with E-state index in [1.807, 2.05) is 23.0 Å². The van der Waals surface area contributed by atoms with Crippen LogP contribution in [-0.2, 0) is 9.53 Å². The van der Waals surface area contributed by atoms with Gasteiger partial charge in [0, 0.05) is 22.5 Å². The van der Waals surface area contributed by atoms with Crippen molar-refractivity contribution < 1.29 is 19.4 Å². The number of carbonyl (C=O) groups excluding carboxylic acids is 2. The van der Waals surface area contributed by atoms with Crippen molar-refractivity contribution in [2.45, 2.75) is 25.8 Å². The molecule has 1 aliphatic rings. The van der Waals surface area contributed by atoms with Gasteiger partial charge in [0.25, 0.3) is 5.91 Å². The van der Waals surface area contributed by atoms with Gasteiger partial charge in [-0.25, -0.2) is 9.50 Å². The number of esters is 1. The molecule has 0 bridgehead atoms. The van der Waals surface area contributed by atoms with Gasteiger partial charge in [0.1, 0.15) is 12.9 Å². The van der Waals surface area contributed by atoms with Gasteiger partial charge < -0.3 is 15.2 Å². The van der Waals surface area contributed by atoms with Crippen molar-refractivity contribution in [1.29, 1.82) is 0 Å². The molecule has 0 radical (unpaired) electrons. The van der Waals surface area contributed by atoms with Crippen LogP contribution in [-0.4, -0.2) is 54.5 Å². The van der Waals surface area contributed by atoms with E-state index in [0.717, 1.165) is 24.1 Å². The summed E-state index contributed by atoms with van der Waals surface area (Å²) in [6.45, 7) is 1.57. The molecule has 10 nitrogen and oxygen atoms in total. The van der Waals surface area contributed by atoms with Crippen LogP contribution in [0.25, 0.3) is 27.7 Å². The lowest BCUT2D eigenvalue weighted by atomic mass is 10.0. The van der Waals surface area contributed by atoms with E-state index < -0.39 is 11.9 Å². The Morgan fingerprint density at radius 3 is 2.90 bits per heavy atom. The number of aromatic hydroxyl groups is 1. The molecule has 10 heteroatoms. The van der Waals surface area contributed by atoms with Crippen LogP contribution in [0.2, 0.25) is 0 Å². The number of rotatable bonds is 6. The number of ether oxygens (including phenoxy) is 1. The zero-order chi connectivity index (χ0) is 21.5. The number of fused-ring (bicyclic) bond motifs is 3. The summed E-state index contributed by atoms with van der Waals surface area (Å²) in [6.07, 6.45) is 5.51. The Morgan fingerprint density at radius 2 is 2.13 bits per heavy atom. The number of nitrogens with zero attached hydrogens (tertiary/aromatic N) is 5.